The SMILES string of the molecule is NNC(=NC1CCCCC1)Nc1cc(F)ccc1F. The summed E-state index contributed by atoms with van der Waals surface area (Å²) in [6.07, 6.45) is 5.50. The normalized spacial score (nSPS) is 17.3. The van der Waals surface area contributed by atoms with Crippen molar-refractivity contribution in [1.29, 1.82) is 0 Å². The van der Waals surface area contributed by atoms with Crippen LogP contribution in [0.3, 0.4) is 0 Å². The molecule has 2 rings (SSSR count). The van der Waals surface area contributed by atoms with Crippen molar-refractivity contribution in [2.24, 2.45) is 10.8 Å². The molecule has 0 bridgehead atoms. The van der Waals surface area contributed by atoms with Crippen LogP contribution in [-0.2, 0) is 0 Å². The Labute approximate surface area is 111 Å². The molecule has 0 unspecified atom stereocenters. The first-order chi connectivity index (χ1) is 9.19. The van der Waals surface area contributed by atoms with E-state index in [1.54, 1.807) is 0 Å². The van der Waals surface area contributed by atoms with Gasteiger partial charge in [-0.2, -0.15) is 0 Å². The smallest absolute Gasteiger partial charge is 0.210 e. The predicted octanol–water partition coefficient (Wildman–Crippen LogP) is 2.53. The summed E-state index contributed by atoms with van der Waals surface area (Å²) in [5.74, 6) is 4.56. The number of anilines is 1. The number of nitrogens with two attached hydrogens (primary N) is 1. The van der Waals surface area contributed by atoms with E-state index in [1.165, 1.54) is 6.42 Å². The van der Waals surface area contributed by atoms with Gasteiger partial charge in [-0.1, -0.05) is 19.3 Å². The molecule has 0 atom stereocenters. The molecular weight excluding hydrogens is 250 g/mol. The molecule has 0 aromatic heterocycles. The van der Waals surface area contributed by atoms with Gasteiger partial charge < -0.3 is 5.32 Å². The molecule has 1 aromatic rings. The van der Waals surface area contributed by atoms with Gasteiger partial charge in [0.05, 0.1) is 11.7 Å². The molecule has 0 aliphatic heterocycles. The van der Waals surface area contributed by atoms with Crippen LogP contribution < -0.4 is 16.6 Å². The van der Waals surface area contributed by atoms with Crippen LogP contribution in [0.4, 0.5) is 14.5 Å². The summed E-state index contributed by atoms with van der Waals surface area (Å²) in [5, 5.41) is 2.68. The lowest BCUT2D eigenvalue weighted by molar-refractivity contribution is 0.442. The third kappa shape index (κ3) is 3.89. The van der Waals surface area contributed by atoms with Gasteiger partial charge in [-0.3, -0.25) is 5.43 Å². The lowest BCUT2D eigenvalue weighted by atomic mass is 9.96. The maximum atomic E-state index is 13.5. The van der Waals surface area contributed by atoms with Crippen LogP contribution >= 0.6 is 0 Å². The Morgan fingerprint density at radius 3 is 2.63 bits per heavy atom. The van der Waals surface area contributed by atoms with E-state index in [1.807, 2.05) is 0 Å². The first kappa shape index (κ1) is 13.7. The fourth-order valence-corrected chi connectivity index (χ4v) is 2.22. The zero-order valence-corrected chi connectivity index (χ0v) is 10.6. The summed E-state index contributed by atoms with van der Waals surface area (Å²) in [6.45, 7) is 0. The minimum absolute atomic E-state index is 0.0208. The molecule has 4 N–H and O–H groups in total. The summed E-state index contributed by atoms with van der Waals surface area (Å²) >= 11 is 0. The van der Waals surface area contributed by atoms with Crippen molar-refractivity contribution in [3.8, 4) is 0 Å². The van der Waals surface area contributed by atoms with Gasteiger partial charge in [-0.15, -0.1) is 0 Å². The molecule has 6 heteroatoms. The van der Waals surface area contributed by atoms with Gasteiger partial charge >= 0.3 is 0 Å². The van der Waals surface area contributed by atoms with Crippen LogP contribution in [-0.4, -0.2) is 12.0 Å². The van der Waals surface area contributed by atoms with Gasteiger partial charge in [0.25, 0.3) is 0 Å². The molecule has 4 nitrogen and oxygen atoms in total. The molecule has 104 valence electrons. The van der Waals surface area contributed by atoms with Crippen LogP contribution in [0.2, 0.25) is 0 Å². The van der Waals surface area contributed by atoms with Crippen LogP contribution in [0, 0.1) is 11.6 Å². The molecule has 1 fully saturated rings. The third-order valence-electron chi connectivity index (χ3n) is 3.20. The Hall–Kier alpha value is -1.69. The van der Waals surface area contributed by atoms with E-state index in [-0.39, 0.29) is 17.7 Å². The fourth-order valence-electron chi connectivity index (χ4n) is 2.22. The fraction of sp³-hybridized carbons (Fsp3) is 0.462. The van der Waals surface area contributed by atoms with Crippen molar-refractivity contribution in [1.82, 2.24) is 5.43 Å². The van der Waals surface area contributed by atoms with E-state index in [9.17, 15) is 8.78 Å². The van der Waals surface area contributed by atoms with Gasteiger partial charge in [0.2, 0.25) is 5.96 Å². The molecule has 0 amide bonds. The summed E-state index contributed by atoms with van der Waals surface area (Å²) in [6, 6.07) is 3.38. The van der Waals surface area contributed by atoms with Crippen LogP contribution in [0.1, 0.15) is 32.1 Å². The summed E-state index contributed by atoms with van der Waals surface area (Å²) < 4.78 is 26.6. The standard InChI is InChI=1S/C13H18F2N4/c14-9-6-7-11(15)12(8-9)18-13(19-16)17-10-4-2-1-3-5-10/h6-8,10H,1-5,16H2,(H2,17,18,19). The molecule has 0 saturated heterocycles. The Balaban J connectivity index is 2.09. The summed E-state index contributed by atoms with van der Waals surface area (Å²) in [7, 11) is 0. The number of hydrogen-bond acceptors (Lipinski definition) is 2. The molecule has 0 radical (unpaired) electrons. The van der Waals surface area contributed by atoms with Gasteiger partial charge in [0.1, 0.15) is 11.6 Å². The second-order valence-electron chi connectivity index (χ2n) is 4.66. The molecule has 1 aromatic carbocycles. The molecule has 1 aliphatic rings. The average molecular weight is 268 g/mol. The number of hydrogen-bond donors (Lipinski definition) is 3. The number of benzene rings is 1. The lowest BCUT2D eigenvalue weighted by Gasteiger charge is -2.19. The number of guanidine groups is 1. The van der Waals surface area contributed by atoms with E-state index >= 15 is 0 Å². The zero-order chi connectivity index (χ0) is 13.7. The van der Waals surface area contributed by atoms with Crippen molar-refractivity contribution in [3.05, 3.63) is 29.8 Å². The highest BCUT2D eigenvalue weighted by atomic mass is 19.1. The predicted molar refractivity (Wildman–Crippen MR) is 71.6 cm³/mol. The Morgan fingerprint density at radius 2 is 1.95 bits per heavy atom. The second kappa shape index (κ2) is 6.47. The van der Waals surface area contributed by atoms with Gasteiger partial charge in [0, 0.05) is 6.07 Å². The Morgan fingerprint density at radius 1 is 1.21 bits per heavy atom. The maximum absolute atomic E-state index is 13.5. The quantitative estimate of drug-likeness (QED) is 0.334. The zero-order valence-electron chi connectivity index (χ0n) is 10.6. The van der Waals surface area contributed by atoms with Crippen molar-refractivity contribution >= 4 is 11.6 Å². The van der Waals surface area contributed by atoms with Crippen molar-refractivity contribution in [3.63, 3.8) is 0 Å². The minimum Gasteiger partial charge on any atom is -0.323 e. The monoisotopic (exact) mass is 268 g/mol. The second-order valence-corrected chi connectivity index (χ2v) is 4.66. The van der Waals surface area contributed by atoms with Crippen molar-refractivity contribution < 1.29 is 8.78 Å². The topological polar surface area (TPSA) is 62.4 Å². The minimum atomic E-state index is -0.548. The molecule has 0 spiro atoms. The van der Waals surface area contributed by atoms with Crippen LogP contribution in [0.25, 0.3) is 0 Å². The highest BCUT2D eigenvalue weighted by molar-refractivity contribution is 5.93. The number of rotatable bonds is 2. The number of hydrazine groups is 1. The molecule has 0 heterocycles. The van der Waals surface area contributed by atoms with E-state index in [0.717, 1.165) is 43.9 Å². The van der Waals surface area contributed by atoms with E-state index in [0.29, 0.717) is 0 Å². The molecule has 1 saturated carbocycles. The highest BCUT2D eigenvalue weighted by Gasteiger charge is 2.14. The number of nitrogens with zero attached hydrogens (tertiary/aromatic N) is 1. The first-order valence-electron chi connectivity index (χ1n) is 6.45. The maximum Gasteiger partial charge on any atom is 0.210 e. The number of nitrogens with one attached hydrogen (secondary N) is 2. The van der Waals surface area contributed by atoms with Crippen LogP contribution in [0.5, 0.6) is 0 Å². The first-order valence-corrected chi connectivity index (χ1v) is 6.45. The Kier molecular flexibility index (Phi) is 4.68. The summed E-state index contributed by atoms with van der Waals surface area (Å²) in [5.41, 5.74) is 2.42. The van der Waals surface area contributed by atoms with Gasteiger partial charge in [0.15, 0.2) is 0 Å². The van der Waals surface area contributed by atoms with Crippen molar-refractivity contribution in [2.45, 2.75) is 38.1 Å². The number of aliphatic imine (C=N–C) groups is 1. The van der Waals surface area contributed by atoms with Gasteiger partial charge in [-0.25, -0.2) is 19.6 Å². The highest BCUT2D eigenvalue weighted by Crippen LogP contribution is 2.21. The molecule has 19 heavy (non-hydrogen) atoms. The largest absolute Gasteiger partial charge is 0.323 e. The molecular formula is C13H18F2N4. The summed E-state index contributed by atoms with van der Waals surface area (Å²) in [4.78, 5) is 4.40. The van der Waals surface area contributed by atoms with E-state index in [4.69, 9.17) is 5.84 Å². The van der Waals surface area contributed by atoms with Gasteiger partial charge in [-0.05, 0) is 25.0 Å². The third-order valence-corrected chi connectivity index (χ3v) is 3.20. The van der Waals surface area contributed by atoms with E-state index in [2.05, 4.69) is 15.7 Å². The van der Waals surface area contributed by atoms with E-state index < -0.39 is 11.6 Å². The number of halogens is 2. The molecule has 1 aliphatic carbocycles. The van der Waals surface area contributed by atoms with Crippen LogP contribution in [0.15, 0.2) is 23.2 Å². The van der Waals surface area contributed by atoms with Crippen molar-refractivity contribution in [2.75, 3.05) is 5.32 Å². The lowest BCUT2D eigenvalue weighted by Crippen LogP contribution is -2.37. The average Bonchev–Trinajstić information content (AvgIpc) is 2.43. The Bertz CT molecular complexity index is 456.